The third kappa shape index (κ3) is 1.86. The van der Waals surface area contributed by atoms with Crippen molar-refractivity contribution in [3.05, 3.63) is 17.8 Å². The van der Waals surface area contributed by atoms with Crippen LogP contribution in [-0.2, 0) is 0 Å². The third-order valence-corrected chi connectivity index (χ3v) is 2.38. The Bertz CT molecular complexity index is 469. The van der Waals surface area contributed by atoms with Gasteiger partial charge in [0.25, 0.3) is 0 Å². The van der Waals surface area contributed by atoms with Gasteiger partial charge in [-0.3, -0.25) is 9.88 Å². The van der Waals surface area contributed by atoms with Gasteiger partial charge in [0, 0.05) is 26.8 Å². The zero-order valence-electron chi connectivity index (χ0n) is 9.94. The third-order valence-electron chi connectivity index (χ3n) is 2.38. The highest BCUT2D eigenvalue weighted by Gasteiger charge is 2.11. The lowest BCUT2D eigenvalue weighted by molar-refractivity contribution is 0.991. The summed E-state index contributed by atoms with van der Waals surface area (Å²) in [5.41, 5.74) is 1.12. The molecule has 0 saturated heterocycles. The molecule has 0 aromatic carbocycles. The first-order valence-corrected chi connectivity index (χ1v) is 5.07. The molecule has 2 N–H and O–H groups in total. The minimum absolute atomic E-state index is 0.713. The molecule has 0 spiro atoms. The molecule has 6 heteroatoms. The topological polar surface area (TPSA) is 63.8 Å². The van der Waals surface area contributed by atoms with Crippen molar-refractivity contribution in [2.45, 2.75) is 6.92 Å². The Morgan fingerprint density at radius 2 is 1.69 bits per heavy atom. The van der Waals surface area contributed by atoms with E-state index in [1.807, 2.05) is 50.0 Å². The summed E-state index contributed by atoms with van der Waals surface area (Å²) in [6.45, 7) is 2.02. The van der Waals surface area contributed by atoms with Gasteiger partial charge in [-0.1, -0.05) is 0 Å². The molecule has 16 heavy (non-hydrogen) atoms. The Morgan fingerprint density at radius 3 is 2.19 bits per heavy atom. The Kier molecular flexibility index (Phi) is 2.55. The van der Waals surface area contributed by atoms with Crippen LogP contribution in [0.3, 0.4) is 0 Å². The number of nitrogens with zero attached hydrogens (tertiary/aromatic N) is 4. The molecule has 0 bridgehead atoms. The number of anilines is 3. The second kappa shape index (κ2) is 3.88. The van der Waals surface area contributed by atoms with Crippen molar-refractivity contribution in [3.8, 4) is 0 Å². The van der Waals surface area contributed by atoms with Crippen LogP contribution >= 0.6 is 0 Å². The molecule has 2 aromatic heterocycles. The van der Waals surface area contributed by atoms with Gasteiger partial charge in [-0.15, -0.1) is 10.2 Å². The number of hydrogen-bond acceptors (Lipinski definition) is 4. The van der Waals surface area contributed by atoms with Gasteiger partial charge in [0.2, 0.25) is 11.9 Å². The Hall–Kier alpha value is -1.98. The molecule has 2 heterocycles. The van der Waals surface area contributed by atoms with Crippen LogP contribution in [0, 0.1) is 6.92 Å². The van der Waals surface area contributed by atoms with Crippen molar-refractivity contribution < 1.29 is 0 Å². The van der Waals surface area contributed by atoms with E-state index in [1.54, 1.807) is 0 Å². The van der Waals surface area contributed by atoms with Crippen LogP contribution in [0.5, 0.6) is 0 Å². The van der Waals surface area contributed by atoms with Gasteiger partial charge in [-0.2, -0.15) is 0 Å². The summed E-state index contributed by atoms with van der Waals surface area (Å²) in [7, 11) is 5.78. The van der Waals surface area contributed by atoms with Crippen molar-refractivity contribution >= 4 is 17.7 Å². The van der Waals surface area contributed by atoms with Crippen LogP contribution in [-0.4, -0.2) is 41.3 Å². The number of hydrogen-bond donors (Lipinski definition) is 2. The number of H-pyrrole nitrogens is 2. The predicted octanol–water partition coefficient (Wildman–Crippen LogP) is 1.28. The van der Waals surface area contributed by atoms with Crippen LogP contribution in [0.25, 0.3) is 0 Å². The molecular weight excluding hydrogens is 204 g/mol. The zero-order chi connectivity index (χ0) is 11.7. The molecule has 0 aliphatic rings. The summed E-state index contributed by atoms with van der Waals surface area (Å²) in [6, 6.07) is 4.03. The van der Waals surface area contributed by atoms with Gasteiger partial charge in [0.15, 0.2) is 0 Å². The average molecular weight is 220 g/mol. The lowest BCUT2D eigenvalue weighted by Crippen LogP contribution is -2.13. The number of aryl methyl sites for hydroxylation is 1. The van der Waals surface area contributed by atoms with Crippen molar-refractivity contribution in [1.82, 2.24) is 20.2 Å². The standard InChI is InChI=1S/C10H16N6/c1-7-5-6-8(11-7)16(4)10-12-9(13-14-10)15(2)3/h5-6,11H,1-4H3,(H,12,13,14). The van der Waals surface area contributed by atoms with E-state index in [1.165, 1.54) is 0 Å². The van der Waals surface area contributed by atoms with Crippen molar-refractivity contribution in [2.75, 3.05) is 30.9 Å². The van der Waals surface area contributed by atoms with Gasteiger partial charge >= 0.3 is 0 Å². The number of nitrogens with one attached hydrogen (secondary N) is 2. The summed E-state index contributed by atoms with van der Waals surface area (Å²) < 4.78 is 0. The Balaban J connectivity index is 2.23. The highest BCUT2D eigenvalue weighted by atomic mass is 15.4. The monoisotopic (exact) mass is 220 g/mol. The summed E-state index contributed by atoms with van der Waals surface area (Å²) in [5, 5.41) is 8.12. The maximum atomic E-state index is 4.08. The number of aromatic amines is 2. The second-order valence-electron chi connectivity index (χ2n) is 3.95. The molecule has 86 valence electrons. The van der Waals surface area contributed by atoms with Crippen LogP contribution in [0.4, 0.5) is 17.7 Å². The Morgan fingerprint density at radius 1 is 1.00 bits per heavy atom. The Labute approximate surface area is 94.3 Å². The second-order valence-corrected chi connectivity index (χ2v) is 3.95. The molecule has 0 radical (unpaired) electrons. The van der Waals surface area contributed by atoms with Crippen LogP contribution in [0.15, 0.2) is 12.1 Å². The molecule has 0 saturated carbocycles. The smallest absolute Gasteiger partial charge is 0.231 e. The fraction of sp³-hybridized carbons (Fsp3) is 0.400. The van der Waals surface area contributed by atoms with Crippen molar-refractivity contribution in [1.29, 1.82) is 0 Å². The molecule has 2 rings (SSSR count). The molecule has 0 unspecified atom stereocenters. The van der Waals surface area contributed by atoms with Gasteiger partial charge in [0.1, 0.15) is 5.82 Å². The molecule has 0 aliphatic carbocycles. The fourth-order valence-corrected chi connectivity index (χ4v) is 1.40. The van der Waals surface area contributed by atoms with Gasteiger partial charge in [-0.25, -0.2) is 0 Å². The zero-order valence-corrected chi connectivity index (χ0v) is 9.94. The summed E-state index contributed by atoms with van der Waals surface area (Å²) in [6.07, 6.45) is 0. The minimum Gasteiger partial charge on any atom is -0.347 e. The highest BCUT2D eigenvalue weighted by molar-refractivity contribution is 5.53. The molecule has 0 aliphatic heterocycles. The molecule has 0 amide bonds. The lowest BCUT2D eigenvalue weighted by Gasteiger charge is -2.13. The summed E-state index contributed by atoms with van der Waals surface area (Å²) in [5.74, 6) is 2.44. The number of aromatic nitrogens is 4. The average Bonchev–Trinajstić information content (AvgIpc) is 2.84. The van der Waals surface area contributed by atoms with Crippen molar-refractivity contribution in [3.63, 3.8) is 0 Å². The first kappa shape index (κ1) is 10.5. The normalized spacial score (nSPS) is 10.5. The van der Waals surface area contributed by atoms with E-state index in [4.69, 9.17) is 0 Å². The molecule has 0 fully saturated rings. The maximum absolute atomic E-state index is 4.08. The summed E-state index contributed by atoms with van der Waals surface area (Å²) >= 11 is 0. The molecule has 2 aromatic rings. The van der Waals surface area contributed by atoms with E-state index in [2.05, 4.69) is 20.2 Å². The summed E-state index contributed by atoms with van der Waals surface area (Å²) in [4.78, 5) is 10.2. The number of rotatable bonds is 3. The SMILES string of the molecule is Cc1ccc(N(C)c2nnc(N(C)C)[nH]2)[nH]1. The predicted molar refractivity (Wildman–Crippen MR) is 64.3 cm³/mol. The fourth-order valence-electron chi connectivity index (χ4n) is 1.40. The minimum atomic E-state index is 0.713. The first-order chi connectivity index (χ1) is 7.58. The van der Waals surface area contributed by atoms with Gasteiger partial charge in [0.05, 0.1) is 0 Å². The van der Waals surface area contributed by atoms with Gasteiger partial charge < -0.3 is 9.88 Å². The van der Waals surface area contributed by atoms with E-state index < -0.39 is 0 Å². The largest absolute Gasteiger partial charge is 0.347 e. The molecule has 0 atom stereocenters. The van der Waals surface area contributed by atoms with E-state index in [-0.39, 0.29) is 0 Å². The van der Waals surface area contributed by atoms with E-state index in [0.29, 0.717) is 5.95 Å². The lowest BCUT2D eigenvalue weighted by atomic mass is 10.5. The van der Waals surface area contributed by atoms with Crippen LogP contribution in [0.2, 0.25) is 0 Å². The van der Waals surface area contributed by atoms with Crippen LogP contribution in [0.1, 0.15) is 5.69 Å². The van der Waals surface area contributed by atoms with E-state index in [9.17, 15) is 0 Å². The quantitative estimate of drug-likeness (QED) is 0.817. The maximum Gasteiger partial charge on any atom is 0.231 e. The first-order valence-electron chi connectivity index (χ1n) is 5.07. The van der Waals surface area contributed by atoms with E-state index >= 15 is 0 Å². The van der Waals surface area contributed by atoms with Crippen molar-refractivity contribution in [2.24, 2.45) is 0 Å². The highest BCUT2D eigenvalue weighted by Crippen LogP contribution is 2.19. The molecular formula is C10H16N6. The van der Waals surface area contributed by atoms with Crippen LogP contribution < -0.4 is 9.80 Å². The van der Waals surface area contributed by atoms with E-state index in [0.717, 1.165) is 17.5 Å². The van der Waals surface area contributed by atoms with Gasteiger partial charge in [-0.05, 0) is 19.1 Å². The molecule has 6 nitrogen and oxygen atoms in total.